The number of nitrogens with one attached hydrogen (secondary N) is 1. The minimum atomic E-state index is -0.986. The Balaban J connectivity index is 2.36. The summed E-state index contributed by atoms with van der Waals surface area (Å²) in [6.45, 7) is 0. The lowest BCUT2D eigenvalue weighted by molar-refractivity contribution is 0.0691. The summed E-state index contributed by atoms with van der Waals surface area (Å²) in [6.07, 6.45) is 0. The molecule has 1 aromatic heterocycles. The van der Waals surface area contributed by atoms with Crippen LogP contribution >= 0.6 is 0 Å². The van der Waals surface area contributed by atoms with Gasteiger partial charge < -0.3 is 10.1 Å². The third-order valence-corrected chi connectivity index (χ3v) is 2.24. The summed E-state index contributed by atoms with van der Waals surface area (Å²) in [6, 6.07) is 12.2. The third kappa shape index (κ3) is 1.79. The van der Waals surface area contributed by atoms with Gasteiger partial charge >= 0.3 is 5.97 Å². The number of carbonyl (C=O) groups is 1. The summed E-state index contributed by atoms with van der Waals surface area (Å²) in [5.41, 5.74) is 2.31. The molecule has 0 fully saturated rings. The number of H-pyrrole nitrogens is 1. The molecule has 1 aromatic carbocycles. The maximum atomic E-state index is 10.7. The van der Waals surface area contributed by atoms with Crippen molar-refractivity contribution in [2.24, 2.45) is 0 Å². The van der Waals surface area contributed by atoms with Crippen LogP contribution in [0.25, 0.3) is 11.3 Å². The number of aromatic carboxylic acids is 1. The highest BCUT2D eigenvalue weighted by molar-refractivity contribution is 5.86. The highest BCUT2D eigenvalue weighted by Crippen LogP contribution is 2.18. The Labute approximate surface area is 91.8 Å². The zero-order chi connectivity index (χ0) is 11.5. The van der Waals surface area contributed by atoms with Crippen LogP contribution in [0.15, 0.2) is 36.4 Å². The predicted molar refractivity (Wildman–Crippen MR) is 57.9 cm³/mol. The van der Waals surface area contributed by atoms with Crippen LogP contribution in [-0.2, 0) is 0 Å². The molecule has 2 aromatic rings. The number of aromatic nitrogens is 1. The molecule has 16 heavy (non-hydrogen) atoms. The molecule has 0 bridgehead atoms. The van der Waals surface area contributed by atoms with Gasteiger partial charge in [0.05, 0.1) is 11.6 Å². The number of aromatic amines is 1. The Morgan fingerprint density at radius 1 is 1.19 bits per heavy atom. The van der Waals surface area contributed by atoms with Crippen molar-refractivity contribution in [1.29, 1.82) is 5.26 Å². The first-order valence-electron chi connectivity index (χ1n) is 4.63. The van der Waals surface area contributed by atoms with E-state index >= 15 is 0 Å². The lowest BCUT2D eigenvalue weighted by Crippen LogP contribution is -1.95. The van der Waals surface area contributed by atoms with Crippen molar-refractivity contribution >= 4 is 5.97 Å². The first-order chi connectivity index (χ1) is 7.70. The van der Waals surface area contributed by atoms with Crippen LogP contribution < -0.4 is 0 Å². The minimum Gasteiger partial charge on any atom is -0.477 e. The summed E-state index contributed by atoms with van der Waals surface area (Å²) >= 11 is 0. The average molecular weight is 212 g/mol. The summed E-state index contributed by atoms with van der Waals surface area (Å²) < 4.78 is 0. The van der Waals surface area contributed by atoms with Gasteiger partial charge in [0, 0.05) is 5.69 Å². The van der Waals surface area contributed by atoms with Crippen molar-refractivity contribution in [3.05, 3.63) is 47.7 Å². The molecule has 78 valence electrons. The molecule has 2 rings (SSSR count). The molecule has 0 unspecified atom stereocenters. The lowest BCUT2D eigenvalue weighted by Gasteiger charge is -1.97. The Morgan fingerprint density at radius 2 is 1.88 bits per heavy atom. The van der Waals surface area contributed by atoms with Crippen molar-refractivity contribution in [3.63, 3.8) is 0 Å². The van der Waals surface area contributed by atoms with Crippen LogP contribution in [0, 0.1) is 11.3 Å². The standard InChI is InChI=1S/C12H8N2O2/c13-7-8-1-3-9(4-2-8)10-5-6-11(14-10)12(15)16/h1-6,14H,(H,15,16). The number of carboxylic acid groups (broad SMARTS) is 1. The second-order valence-corrected chi connectivity index (χ2v) is 3.28. The fourth-order valence-corrected chi connectivity index (χ4v) is 1.41. The van der Waals surface area contributed by atoms with E-state index in [2.05, 4.69) is 4.98 Å². The van der Waals surface area contributed by atoms with Crippen LogP contribution in [-0.4, -0.2) is 16.1 Å². The molecule has 0 spiro atoms. The summed E-state index contributed by atoms with van der Waals surface area (Å²) in [4.78, 5) is 13.5. The predicted octanol–water partition coefficient (Wildman–Crippen LogP) is 2.25. The first-order valence-corrected chi connectivity index (χ1v) is 4.63. The van der Waals surface area contributed by atoms with Gasteiger partial charge in [0.2, 0.25) is 0 Å². The van der Waals surface area contributed by atoms with E-state index in [1.807, 2.05) is 6.07 Å². The normalized spacial score (nSPS) is 9.69. The first kappa shape index (κ1) is 9.99. The topological polar surface area (TPSA) is 76.9 Å². The highest BCUT2D eigenvalue weighted by Gasteiger charge is 2.06. The van der Waals surface area contributed by atoms with E-state index in [1.165, 1.54) is 6.07 Å². The fraction of sp³-hybridized carbons (Fsp3) is 0. The van der Waals surface area contributed by atoms with E-state index in [9.17, 15) is 4.79 Å². The molecular formula is C12H8N2O2. The van der Waals surface area contributed by atoms with Gasteiger partial charge in [-0.05, 0) is 29.8 Å². The Hall–Kier alpha value is -2.54. The van der Waals surface area contributed by atoms with Crippen LogP contribution in [0.5, 0.6) is 0 Å². The molecule has 0 aliphatic heterocycles. The number of carboxylic acids is 1. The van der Waals surface area contributed by atoms with Gasteiger partial charge in [-0.3, -0.25) is 0 Å². The summed E-state index contributed by atoms with van der Waals surface area (Å²) in [5, 5.41) is 17.4. The van der Waals surface area contributed by atoms with E-state index in [1.54, 1.807) is 30.3 Å². The molecule has 2 N–H and O–H groups in total. The fourth-order valence-electron chi connectivity index (χ4n) is 1.41. The molecular weight excluding hydrogens is 204 g/mol. The van der Waals surface area contributed by atoms with Crippen molar-refractivity contribution < 1.29 is 9.90 Å². The molecule has 4 nitrogen and oxygen atoms in total. The van der Waals surface area contributed by atoms with Gasteiger partial charge in [-0.25, -0.2) is 4.79 Å². The van der Waals surface area contributed by atoms with Gasteiger partial charge in [-0.1, -0.05) is 12.1 Å². The third-order valence-electron chi connectivity index (χ3n) is 2.24. The molecule has 0 saturated carbocycles. The maximum Gasteiger partial charge on any atom is 0.352 e. The van der Waals surface area contributed by atoms with Crippen LogP contribution in [0.2, 0.25) is 0 Å². The molecule has 4 heteroatoms. The Morgan fingerprint density at radius 3 is 2.38 bits per heavy atom. The Kier molecular flexibility index (Phi) is 2.44. The van der Waals surface area contributed by atoms with E-state index < -0.39 is 5.97 Å². The van der Waals surface area contributed by atoms with E-state index in [4.69, 9.17) is 10.4 Å². The molecule has 0 saturated heterocycles. The highest BCUT2D eigenvalue weighted by atomic mass is 16.4. The summed E-state index contributed by atoms with van der Waals surface area (Å²) in [5.74, 6) is -0.986. The van der Waals surface area contributed by atoms with Crippen molar-refractivity contribution in [2.45, 2.75) is 0 Å². The second-order valence-electron chi connectivity index (χ2n) is 3.28. The van der Waals surface area contributed by atoms with E-state index in [0.29, 0.717) is 5.56 Å². The molecule has 0 atom stereocenters. The minimum absolute atomic E-state index is 0.152. The zero-order valence-corrected chi connectivity index (χ0v) is 8.27. The number of benzene rings is 1. The Bertz CT molecular complexity index is 561. The molecule has 0 aliphatic rings. The molecule has 0 amide bonds. The van der Waals surface area contributed by atoms with Gasteiger partial charge in [0.15, 0.2) is 0 Å². The van der Waals surface area contributed by atoms with Gasteiger partial charge in [0.25, 0.3) is 0 Å². The van der Waals surface area contributed by atoms with Crippen LogP contribution in [0.4, 0.5) is 0 Å². The number of hydrogen-bond donors (Lipinski definition) is 2. The monoisotopic (exact) mass is 212 g/mol. The second kappa shape index (κ2) is 3.91. The van der Waals surface area contributed by atoms with E-state index in [0.717, 1.165) is 11.3 Å². The van der Waals surface area contributed by atoms with Crippen LogP contribution in [0.3, 0.4) is 0 Å². The average Bonchev–Trinajstić information content (AvgIpc) is 2.78. The molecule has 0 radical (unpaired) electrons. The van der Waals surface area contributed by atoms with Crippen LogP contribution in [0.1, 0.15) is 16.1 Å². The van der Waals surface area contributed by atoms with Gasteiger partial charge in [-0.15, -0.1) is 0 Å². The molecule has 0 aliphatic carbocycles. The quantitative estimate of drug-likeness (QED) is 0.801. The number of nitriles is 1. The number of rotatable bonds is 2. The number of nitrogens with zero attached hydrogens (tertiary/aromatic N) is 1. The number of hydrogen-bond acceptors (Lipinski definition) is 2. The SMILES string of the molecule is N#Cc1ccc(-c2ccc(C(=O)O)[nH]2)cc1. The van der Waals surface area contributed by atoms with Crippen molar-refractivity contribution in [2.75, 3.05) is 0 Å². The van der Waals surface area contributed by atoms with Crippen molar-refractivity contribution in [1.82, 2.24) is 4.98 Å². The van der Waals surface area contributed by atoms with Crippen molar-refractivity contribution in [3.8, 4) is 17.3 Å². The lowest BCUT2D eigenvalue weighted by atomic mass is 10.1. The van der Waals surface area contributed by atoms with Gasteiger partial charge in [-0.2, -0.15) is 5.26 Å². The largest absolute Gasteiger partial charge is 0.477 e. The van der Waals surface area contributed by atoms with E-state index in [-0.39, 0.29) is 5.69 Å². The zero-order valence-electron chi connectivity index (χ0n) is 8.27. The smallest absolute Gasteiger partial charge is 0.352 e. The molecule has 1 heterocycles. The van der Waals surface area contributed by atoms with Gasteiger partial charge in [0.1, 0.15) is 5.69 Å². The maximum absolute atomic E-state index is 10.7. The summed E-state index contributed by atoms with van der Waals surface area (Å²) in [7, 11) is 0.